The van der Waals surface area contributed by atoms with Crippen molar-refractivity contribution in [1.29, 1.82) is 0 Å². The van der Waals surface area contributed by atoms with Crippen molar-refractivity contribution in [2.24, 2.45) is 18.1 Å². The number of hydrogen-bond acceptors (Lipinski definition) is 6. The van der Waals surface area contributed by atoms with Crippen LogP contribution in [0.1, 0.15) is 30.9 Å². The lowest BCUT2D eigenvalue weighted by Crippen LogP contribution is -2.41. The van der Waals surface area contributed by atoms with E-state index >= 15 is 0 Å². The van der Waals surface area contributed by atoms with E-state index in [0.29, 0.717) is 5.95 Å². The summed E-state index contributed by atoms with van der Waals surface area (Å²) in [5.74, 6) is 0.803. The smallest absolute Gasteiger partial charge is 0.246 e. The number of piperidine rings is 1. The lowest BCUT2D eigenvalue weighted by molar-refractivity contribution is -0.138. The van der Waals surface area contributed by atoms with Crippen LogP contribution >= 0.6 is 0 Å². The van der Waals surface area contributed by atoms with E-state index in [-0.39, 0.29) is 17.9 Å². The van der Waals surface area contributed by atoms with Crippen molar-refractivity contribution in [3.8, 4) is 0 Å². The SMILES string of the molecule is Cn1cnc2cnc(N3CCC(C(=O)N4N=CCC4c4ccccc4)CC3)nc21. The number of nitrogens with zero attached hydrogens (tertiary/aromatic N) is 7. The Morgan fingerprint density at radius 2 is 1.90 bits per heavy atom. The maximum absolute atomic E-state index is 13.2. The number of hydrogen-bond donors (Lipinski definition) is 0. The highest BCUT2D eigenvalue weighted by atomic mass is 16.2. The summed E-state index contributed by atoms with van der Waals surface area (Å²) in [5.41, 5.74) is 2.75. The zero-order valence-corrected chi connectivity index (χ0v) is 16.3. The topological polar surface area (TPSA) is 79.5 Å². The Balaban J connectivity index is 1.26. The van der Waals surface area contributed by atoms with Crippen LogP contribution in [0, 0.1) is 5.92 Å². The van der Waals surface area contributed by atoms with Gasteiger partial charge in [0.25, 0.3) is 0 Å². The molecule has 1 fully saturated rings. The van der Waals surface area contributed by atoms with E-state index in [4.69, 9.17) is 0 Å². The first-order chi connectivity index (χ1) is 14.2. The Bertz CT molecular complexity index is 1050. The molecule has 1 atom stereocenters. The van der Waals surface area contributed by atoms with Gasteiger partial charge < -0.3 is 9.47 Å². The van der Waals surface area contributed by atoms with Crippen molar-refractivity contribution < 1.29 is 4.79 Å². The van der Waals surface area contributed by atoms with Gasteiger partial charge in [0.2, 0.25) is 11.9 Å². The van der Waals surface area contributed by atoms with E-state index in [9.17, 15) is 4.79 Å². The number of carbonyl (C=O) groups excluding carboxylic acids is 1. The molecule has 29 heavy (non-hydrogen) atoms. The highest BCUT2D eigenvalue weighted by Gasteiger charge is 2.35. The van der Waals surface area contributed by atoms with Crippen LogP contribution in [0.25, 0.3) is 11.2 Å². The molecule has 0 aliphatic carbocycles. The summed E-state index contributed by atoms with van der Waals surface area (Å²) in [6.45, 7) is 1.51. The molecule has 1 amide bonds. The van der Waals surface area contributed by atoms with Crippen LogP contribution in [0.5, 0.6) is 0 Å². The monoisotopic (exact) mass is 389 g/mol. The molecule has 2 aliphatic heterocycles. The van der Waals surface area contributed by atoms with Gasteiger partial charge in [-0.3, -0.25) is 4.79 Å². The van der Waals surface area contributed by atoms with Crippen LogP contribution in [-0.2, 0) is 11.8 Å². The molecule has 1 unspecified atom stereocenters. The summed E-state index contributed by atoms with van der Waals surface area (Å²) in [6.07, 6.45) is 7.68. The minimum Gasteiger partial charge on any atom is -0.341 e. The highest BCUT2D eigenvalue weighted by Crippen LogP contribution is 2.32. The second-order valence-electron chi connectivity index (χ2n) is 7.64. The molecule has 1 saturated heterocycles. The van der Waals surface area contributed by atoms with Crippen molar-refractivity contribution in [1.82, 2.24) is 24.5 Å². The van der Waals surface area contributed by atoms with Gasteiger partial charge in [0.1, 0.15) is 5.52 Å². The first-order valence-corrected chi connectivity index (χ1v) is 10.00. The summed E-state index contributed by atoms with van der Waals surface area (Å²) >= 11 is 0. The number of carbonyl (C=O) groups is 1. The number of rotatable bonds is 3. The van der Waals surface area contributed by atoms with E-state index in [0.717, 1.165) is 49.1 Å². The van der Waals surface area contributed by atoms with Gasteiger partial charge in [-0.2, -0.15) is 10.1 Å². The molecular weight excluding hydrogens is 366 g/mol. The van der Waals surface area contributed by atoms with Crippen LogP contribution in [0.2, 0.25) is 0 Å². The minimum absolute atomic E-state index is 0.0114. The fourth-order valence-corrected chi connectivity index (χ4v) is 4.16. The summed E-state index contributed by atoms with van der Waals surface area (Å²) in [7, 11) is 1.93. The molecule has 0 bridgehead atoms. The Labute approximate surface area is 168 Å². The van der Waals surface area contributed by atoms with Crippen molar-refractivity contribution in [3.63, 3.8) is 0 Å². The molecule has 0 N–H and O–H groups in total. The molecular formula is C21H23N7O. The molecule has 4 heterocycles. The number of aromatic nitrogens is 4. The maximum Gasteiger partial charge on any atom is 0.246 e. The van der Waals surface area contributed by atoms with Crippen molar-refractivity contribution in [2.75, 3.05) is 18.0 Å². The third-order valence-electron chi connectivity index (χ3n) is 5.81. The molecule has 0 saturated carbocycles. The lowest BCUT2D eigenvalue weighted by Gasteiger charge is -2.33. The van der Waals surface area contributed by atoms with Crippen LogP contribution in [-0.4, -0.2) is 49.7 Å². The van der Waals surface area contributed by atoms with Gasteiger partial charge in [0, 0.05) is 38.7 Å². The van der Waals surface area contributed by atoms with E-state index in [1.807, 2.05) is 36.0 Å². The fraction of sp³-hybridized carbons (Fsp3) is 0.381. The second kappa shape index (κ2) is 7.27. The number of aryl methyl sites for hydroxylation is 1. The van der Waals surface area contributed by atoms with Crippen LogP contribution in [0.3, 0.4) is 0 Å². The maximum atomic E-state index is 13.2. The van der Waals surface area contributed by atoms with Gasteiger partial charge >= 0.3 is 0 Å². The first kappa shape index (κ1) is 17.8. The van der Waals surface area contributed by atoms with E-state index in [1.165, 1.54) is 0 Å². The van der Waals surface area contributed by atoms with E-state index in [2.05, 4.69) is 37.1 Å². The number of imidazole rings is 1. The standard InChI is InChI=1S/C21H23N7O/c1-26-14-23-17-13-22-21(25-19(17)26)27-11-8-16(9-12-27)20(29)28-18(7-10-24-28)15-5-3-2-4-6-15/h2-6,10,13-14,16,18H,7-9,11-12H2,1H3. The molecule has 3 aromatic rings. The molecule has 5 rings (SSSR count). The average molecular weight is 389 g/mol. The summed E-state index contributed by atoms with van der Waals surface area (Å²) < 4.78 is 1.89. The number of benzene rings is 1. The van der Waals surface area contributed by atoms with Crippen molar-refractivity contribution in [2.45, 2.75) is 25.3 Å². The van der Waals surface area contributed by atoms with Crippen LogP contribution in [0.15, 0.2) is 48.0 Å². The Kier molecular flexibility index (Phi) is 4.46. The zero-order chi connectivity index (χ0) is 19.8. The van der Waals surface area contributed by atoms with Crippen molar-refractivity contribution >= 4 is 29.2 Å². The van der Waals surface area contributed by atoms with Gasteiger partial charge in [-0.05, 0) is 18.4 Å². The van der Waals surface area contributed by atoms with Gasteiger partial charge in [-0.15, -0.1) is 0 Å². The normalized spacial score (nSPS) is 20.0. The Morgan fingerprint density at radius 1 is 1.10 bits per heavy atom. The molecule has 0 radical (unpaired) electrons. The predicted octanol–water partition coefficient (Wildman–Crippen LogP) is 2.54. The van der Waals surface area contributed by atoms with Gasteiger partial charge in [-0.25, -0.2) is 15.0 Å². The minimum atomic E-state index is -0.0202. The molecule has 0 spiro atoms. The summed E-state index contributed by atoms with van der Waals surface area (Å²) in [4.78, 5) is 28.7. The number of hydrazone groups is 1. The number of amides is 1. The lowest BCUT2D eigenvalue weighted by atomic mass is 9.94. The molecule has 8 nitrogen and oxygen atoms in total. The third kappa shape index (κ3) is 3.24. The van der Waals surface area contributed by atoms with Crippen LogP contribution < -0.4 is 4.90 Å². The van der Waals surface area contributed by atoms with Gasteiger partial charge in [-0.1, -0.05) is 30.3 Å². The molecule has 2 aromatic heterocycles. The average Bonchev–Trinajstić information content (AvgIpc) is 3.41. The van der Waals surface area contributed by atoms with Crippen LogP contribution in [0.4, 0.5) is 5.95 Å². The number of fused-ring (bicyclic) bond motifs is 1. The van der Waals surface area contributed by atoms with Gasteiger partial charge in [0.15, 0.2) is 5.65 Å². The second-order valence-corrected chi connectivity index (χ2v) is 7.64. The van der Waals surface area contributed by atoms with Crippen molar-refractivity contribution in [3.05, 3.63) is 48.4 Å². The molecule has 1 aromatic carbocycles. The Morgan fingerprint density at radius 3 is 2.69 bits per heavy atom. The van der Waals surface area contributed by atoms with E-state index < -0.39 is 0 Å². The largest absolute Gasteiger partial charge is 0.341 e. The van der Waals surface area contributed by atoms with Gasteiger partial charge in [0.05, 0.1) is 18.6 Å². The first-order valence-electron chi connectivity index (χ1n) is 10.00. The predicted molar refractivity (Wildman–Crippen MR) is 110 cm³/mol. The quantitative estimate of drug-likeness (QED) is 0.688. The third-order valence-corrected chi connectivity index (χ3v) is 5.81. The Hall–Kier alpha value is -3.29. The summed E-state index contributed by atoms with van der Waals surface area (Å²) in [5, 5.41) is 6.08. The fourth-order valence-electron chi connectivity index (χ4n) is 4.16. The summed E-state index contributed by atoms with van der Waals surface area (Å²) in [6, 6.07) is 10.1. The number of anilines is 1. The van der Waals surface area contributed by atoms with E-state index in [1.54, 1.807) is 17.5 Å². The zero-order valence-electron chi connectivity index (χ0n) is 16.3. The molecule has 148 valence electrons. The molecule has 2 aliphatic rings. The molecule has 8 heteroatoms. The highest BCUT2D eigenvalue weighted by molar-refractivity contribution is 5.82.